The van der Waals surface area contributed by atoms with Crippen molar-refractivity contribution in [3.63, 3.8) is 0 Å². The first-order valence-corrected chi connectivity index (χ1v) is 5.94. The van der Waals surface area contributed by atoms with E-state index < -0.39 is 0 Å². The molecule has 0 aliphatic rings. The number of aryl methyl sites for hydroxylation is 3. The van der Waals surface area contributed by atoms with Crippen molar-refractivity contribution in [3.05, 3.63) is 29.8 Å². The van der Waals surface area contributed by atoms with Crippen LogP contribution in [0.15, 0.2) is 18.6 Å². The summed E-state index contributed by atoms with van der Waals surface area (Å²) in [6.45, 7) is 5.94. The number of anilines is 1. The Morgan fingerprint density at radius 1 is 1.35 bits per heavy atom. The molecule has 0 aliphatic heterocycles. The predicted molar refractivity (Wildman–Crippen MR) is 67.8 cm³/mol. The van der Waals surface area contributed by atoms with Gasteiger partial charge in [0.2, 0.25) is 5.95 Å². The van der Waals surface area contributed by atoms with E-state index in [0.717, 1.165) is 36.7 Å². The van der Waals surface area contributed by atoms with Crippen LogP contribution in [0.25, 0.3) is 0 Å². The molecule has 5 heteroatoms. The highest BCUT2D eigenvalue weighted by molar-refractivity contribution is 5.30. The third-order valence-corrected chi connectivity index (χ3v) is 2.57. The van der Waals surface area contributed by atoms with Gasteiger partial charge in [-0.3, -0.25) is 4.68 Å². The molecule has 92 valence electrons. The summed E-state index contributed by atoms with van der Waals surface area (Å²) in [6, 6.07) is 0. The van der Waals surface area contributed by atoms with Gasteiger partial charge in [0.1, 0.15) is 0 Å². The van der Waals surface area contributed by atoms with Gasteiger partial charge in [-0.15, -0.1) is 0 Å². The van der Waals surface area contributed by atoms with Gasteiger partial charge in [-0.05, 0) is 13.3 Å². The topological polar surface area (TPSA) is 47.7 Å². The van der Waals surface area contributed by atoms with Crippen LogP contribution in [-0.4, -0.2) is 19.3 Å². The second-order valence-corrected chi connectivity index (χ2v) is 4.28. The molecule has 17 heavy (non-hydrogen) atoms. The molecule has 0 fully saturated rings. The lowest BCUT2D eigenvalue weighted by molar-refractivity contribution is 0.681. The Bertz CT molecular complexity index is 483. The summed E-state index contributed by atoms with van der Waals surface area (Å²) in [5, 5.41) is 7.49. The highest BCUT2D eigenvalue weighted by atomic mass is 15.2. The van der Waals surface area contributed by atoms with E-state index >= 15 is 0 Å². The Hall–Kier alpha value is -1.78. The second kappa shape index (κ2) is 5.03. The molecule has 0 saturated heterocycles. The maximum atomic E-state index is 4.48. The van der Waals surface area contributed by atoms with Crippen LogP contribution >= 0.6 is 0 Å². The van der Waals surface area contributed by atoms with Crippen LogP contribution in [0.1, 0.15) is 24.6 Å². The molecule has 2 aromatic rings. The molecule has 0 aromatic carbocycles. The largest absolute Gasteiger partial charge is 0.351 e. The van der Waals surface area contributed by atoms with Crippen LogP contribution in [-0.2, 0) is 20.1 Å². The molecule has 1 N–H and O–H groups in total. The average Bonchev–Trinajstić information content (AvgIpc) is 2.83. The maximum absolute atomic E-state index is 4.48. The zero-order valence-electron chi connectivity index (χ0n) is 10.6. The Morgan fingerprint density at radius 2 is 2.18 bits per heavy atom. The fraction of sp³-hybridized carbons (Fsp3) is 0.500. The van der Waals surface area contributed by atoms with Crippen molar-refractivity contribution in [3.8, 4) is 0 Å². The normalized spacial score (nSPS) is 10.8. The van der Waals surface area contributed by atoms with E-state index in [4.69, 9.17) is 0 Å². The number of nitrogens with zero attached hydrogens (tertiary/aromatic N) is 4. The molecule has 0 spiro atoms. The minimum Gasteiger partial charge on any atom is -0.351 e. The highest BCUT2D eigenvalue weighted by Crippen LogP contribution is 2.10. The number of aromatic nitrogens is 4. The van der Waals surface area contributed by atoms with Gasteiger partial charge in [-0.2, -0.15) is 5.10 Å². The van der Waals surface area contributed by atoms with Crippen LogP contribution < -0.4 is 5.32 Å². The number of hydrogen-bond donors (Lipinski definition) is 1. The van der Waals surface area contributed by atoms with Crippen LogP contribution in [0.2, 0.25) is 0 Å². The van der Waals surface area contributed by atoms with Crippen molar-refractivity contribution in [2.24, 2.45) is 7.05 Å². The van der Waals surface area contributed by atoms with E-state index in [-0.39, 0.29) is 0 Å². The van der Waals surface area contributed by atoms with Crippen molar-refractivity contribution in [1.29, 1.82) is 0 Å². The fourth-order valence-electron chi connectivity index (χ4n) is 1.84. The zero-order chi connectivity index (χ0) is 12.3. The summed E-state index contributed by atoms with van der Waals surface area (Å²) in [4.78, 5) is 4.48. The molecule has 0 radical (unpaired) electrons. The van der Waals surface area contributed by atoms with E-state index in [2.05, 4.69) is 33.1 Å². The molecule has 0 bridgehead atoms. The minimum atomic E-state index is 0.758. The standard InChI is InChI=1S/C12H19N5/c1-4-5-17-8-10(2)15-12(17)13-6-11-7-14-16(3)9-11/h7-9H,4-6H2,1-3H3,(H,13,15). The molecule has 0 atom stereocenters. The van der Waals surface area contributed by atoms with Gasteiger partial charge in [-0.25, -0.2) is 4.98 Å². The number of nitrogens with one attached hydrogen (secondary N) is 1. The van der Waals surface area contributed by atoms with Crippen molar-refractivity contribution in [2.45, 2.75) is 33.4 Å². The summed E-state index contributed by atoms with van der Waals surface area (Å²) in [7, 11) is 1.92. The van der Waals surface area contributed by atoms with Gasteiger partial charge in [0.15, 0.2) is 0 Å². The first-order chi connectivity index (χ1) is 8.19. The Balaban J connectivity index is 2.02. The van der Waals surface area contributed by atoms with Gasteiger partial charge in [0, 0.05) is 38.1 Å². The van der Waals surface area contributed by atoms with E-state index in [9.17, 15) is 0 Å². The molecule has 0 amide bonds. The van der Waals surface area contributed by atoms with Crippen LogP contribution in [0, 0.1) is 6.92 Å². The summed E-state index contributed by atoms with van der Waals surface area (Å²) in [5.74, 6) is 0.938. The predicted octanol–water partition coefficient (Wildman–Crippen LogP) is 1.95. The summed E-state index contributed by atoms with van der Waals surface area (Å²) >= 11 is 0. The molecule has 0 unspecified atom stereocenters. The SMILES string of the molecule is CCCn1cc(C)nc1NCc1cnn(C)c1. The third kappa shape index (κ3) is 2.87. The highest BCUT2D eigenvalue weighted by Gasteiger charge is 2.04. The molecule has 2 aromatic heterocycles. The maximum Gasteiger partial charge on any atom is 0.203 e. The smallest absolute Gasteiger partial charge is 0.203 e. The van der Waals surface area contributed by atoms with Crippen LogP contribution in [0.3, 0.4) is 0 Å². The van der Waals surface area contributed by atoms with E-state index in [1.165, 1.54) is 0 Å². The minimum absolute atomic E-state index is 0.758. The van der Waals surface area contributed by atoms with Gasteiger partial charge in [-0.1, -0.05) is 6.92 Å². The van der Waals surface area contributed by atoms with E-state index in [1.54, 1.807) is 4.68 Å². The van der Waals surface area contributed by atoms with Crippen LogP contribution in [0.5, 0.6) is 0 Å². The molecule has 2 rings (SSSR count). The van der Waals surface area contributed by atoms with Crippen molar-refractivity contribution >= 4 is 5.95 Å². The first kappa shape index (κ1) is 11.7. The number of hydrogen-bond acceptors (Lipinski definition) is 3. The van der Waals surface area contributed by atoms with Crippen LogP contribution in [0.4, 0.5) is 5.95 Å². The average molecular weight is 233 g/mol. The molecule has 0 aliphatic carbocycles. The van der Waals surface area contributed by atoms with Gasteiger partial charge < -0.3 is 9.88 Å². The molecule has 0 saturated carbocycles. The monoisotopic (exact) mass is 233 g/mol. The van der Waals surface area contributed by atoms with Gasteiger partial charge >= 0.3 is 0 Å². The number of imidazole rings is 1. The molecular formula is C12H19N5. The number of rotatable bonds is 5. The Kier molecular flexibility index (Phi) is 3.46. The van der Waals surface area contributed by atoms with Gasteiger partial charge in [0.05, 0.1) is 11.9 Å². The van der Waals surface area contributed by atoms with Gasteiger partial charge in [0.25, 0.3) is 0 Å². The summed E-state index contributed by atoms with van der Waals surface area (Å²) in [5.41, 5.74) is 2.21. The lowest BCUT2D eigenvalue weighted by Crippen LogP contribution is -2.06. The molecular weight excluding hydrogens is 214 g/mol. The quantitative estimate of drug-likeness (QED) is 0.858. The zero-order valence-corrected chi connectivity index (χ0v) is 10.6. The molecule has 5 nitrogen and oxygen atoms in total. The molecule has 2 heterocycles. The van der Waals surface area contributed by atoms with E-state index in [1.807, 2.05) is 26.4 Å². The second-order valence-electron chi connectivity index (χ2n) is 4.28. The fourth-order valence-corrected chi connectivity index (χ4v) is 1.84. The summed E-state index contributed by atoms with van der Waals surface area (Å²) < 4.78 is 3.96. The third-order valence-electron chi connectivity index (χ3n) is 2.57. The van der Waals surface area contributed by atoms with Crippen molar-refractivity contribution in [1.82, 2.24) is 19.3 Å². The first-order valence-electron chi connectivity index (χ1n) is 5.94. The Labute approximate surface area is 101 Å². The summed E-state index contributed by atoms with van der Waals surface area (Å²) in [6.07, 6.45) is 7.06. The Morgan fingerprint density at radius 3 is 2.82 bits per heavy atom. The lowest BCUT2D eigenvalue weighted by atomic mass is 10.4. The van der Waals surface area contributed by atoms with Crippen molar-refractivity contribution < 1.29 is 0 Å². The lowest BCUT2D eigenvalue weighted by Gasteiger charge is -2.07. The van der Waals surface area contributed by atoms with Crippen molar-refractivity contribution in [2.75, 3.05) is 5.32 Å². The van der Waals surface area contributed by atoms with E-state index in [0.29, 0.717) is 0 Å².